The predicted octanol–water partition coefficient (Wildman–Crippen LogP) is 6.59. The minimum atomic E-state index is -0.660. The van der Waals surface area contributed by atoms with E-state index in [4.69, 9.17) is 14.2 Å². The maximum absolute atomic E-state index is 11.5. The second kappa shape index (κ2) is 10.2. The Morgan fingerprint density at radius 1 is 0.528 bits per heavy atom. The molecule has 0 bridgehead atoms. The molecule has 12 heteroatoms. The number of ether oxygens (including phenoxy) is 3. The third kappa shape index (κ3) is 5.02. The van der Waals surface area contributed by atoms with Crippen molar-refractivity contribution in [3.05, 3.63) is 121 Å². The van der Waals surface area contributed by atoms with Gasteiger partial charge in [0.05, 0.1) is 14.8 Å². The van der Waals surface area contributed by atoms with Crippen molar-refractivity contribution in [1.29, 1.82) is 0 Å². The molecule has 0 amide bonds. The third-order valence-corrected chi connectivity index (χ3v) is 4.71. The first-order chi connectivity index (χ1) is 17.3. The van der Waals surface area contributed by atoms with Gasteiger partial charge in [0.1, 0.15) is 0 Å². The number of rotatable bonds is 9. The average molecular weight is 488 g/mol. The van der Waals surface area contributed by atoms with E-state index in [1.165, 1.54) is 84.9 Å². The molecule has 0 saturated heterocycles. The van der Waals surface area contributed by atoms with E-state index >= 15 is 0 Å². The Balaban J connectivity index is 1.85. The molecule has 0 fully saturated rings. The molecule has 0 aliphatic heterocycles. The zero-order valence-electron chi connectivity index (χ0n) is 18.1. The van der Waals surface area contributed by atoms with Gasteiger partial charge in [0, 0.05) is 24.3 Å². The van der Waals surface area contributed by atoms with Crippen LogP contribution in [0, 0.1) is 36.4 Å². The van der Waals surface area contributed by atoms with Crippen LogP contribution in [0.25, 0.3) is 0 Å². The molecule has 12 nitrogen and oxygen atoms in total. The smallest absolute Gasteiger partial charge is 0.311 e. The van der Waals surface area contributed by atoms with Gasteiger partial charge in [-0.15, -0.1) is 0 Å². The van der Waals surface area contributed by atoms with E-state index in [-0.39, 0.29) is 51.6 Å². The van der Waals surface area contributed by atoms with Crippen LogP contribution < -0.4 is 14.2 Å². The topological polar surface area (TPSA) is 157 Å². The van der Waals surface area contributed by atoms with Crippen molar-refractivity contribution >= 4 is 17.1 Å². The molecule has 179 valence electrons. The van der Waals surface area contributed by atoms with Gasteiger partial charge in [0.2, 0.25) is 23.0 Å². The largest absolute Gasteiger partial charge is 0.446 e. The average Bonchev–Trinajstić information content (AvgIpc) is 2.86. The summed E-state index contributed by atoms with van der Waals surface area (Å²) in [5.41, 5.74) is -1.08. The van der Waals surface area contributed by atoms with Crippen LogP contribution in [0.5, 0.6) is 34.5 Å². The molecular formula is C24H14N3O9. The van der Waals surface area contributed by atoms with Crippen LogP contribution >= 0.6 is 0 Å². The number of nitro groups is 3. The minimum absolute atomic E-state index is 0.116. The van der Waals surface area contributed by atoms with Gasteiger partial charge in [-0.25, -0.2) is 0 Å². The van der Waals surface area contributed by atoms with Crippen LogP contribution in [0.2, 0.25) is 0 Å². The summed E-state index contributed by atoms with van der Waals surface area (Å²) < 4.78 is 17.3. The molecule has 1 radical (unpaired) electrons. The molecule has 0 spiro atoms. The van der Waals surface area contributed by atoms with Gasteiger partial charge in [0.25, 0.3) is 0 Å². The Kier molecular flexibility index (Phi) is 6.68. The molecular weight excluding hydrogens is 474 g/mol. The quantitative estimate of drug-likeness (QED) is 0.187. The van der Waals surface area contributed by atoms with Gasteiger partial charge in [-0.1, -0.05) is 36.4 Å². The Morgan fingerprint density at radius 2 is 0.944 bits per heavy atom. The van der Waals surface area contributed by atoms with Crippen molar-refractivity contribution < 1.29 is 29.0 Å². The normalized spacial score (nSPS) is 10.3. The molecule has 0 aromatic heterocycles. The highest BCUT2D eigenvalue weighted by Crippen LogP contribution is 2.47. The summed E-state index contributed by atoms with van der Waals surface area (Å²) in [6, 6.07) is 22.0. The number of para-hydroxylation sites is 6. The number of hydrogen-bond donors (Lipinski definition) is 0. The maximum Gasteiger partial charge on any atom is 0.311 e. The molecule has 0 aliphatic rings. The van der Waals surface area contributed by atoms with Crippen molar-refractivity contribution in [3.8, 4) is 34.5 Å². The lowest BCUT2D eigenvalue weighted by Gasteiger charge is -2.16. The molecule has 4 aromatic carbocycles. The van der Waals surface area contributed by atoms with Gasteiger partial charge < -0.3 is 14.2 Å². The van der Waals surface area contributed by atoms with Crippen LogP contribution in [-0.2, 0) is 0 Å². The lowest BCUT2D eigenvalue weighted by molar-refractivity contribution is -0.385. The van der Waals surface area contributed by atoms with E-state index < -0.39 is 14.8 Å². The molecule has 4 rings (SSSR count). The molecule has 4 aromatic rings. The van der Waals surface area contributed by atoms with Crippen LogP contribution in [-0.4, -0.2) is 14.8 Å². The molecule has 0 saturated carbocycles. The summed E-state index contributed by atoms with van der Waals surface area (Å²) >= 11 is 0. The van der Waals surface area contributed by atoms with Crippen molar-refractivity contribution in [3.63, 3.8) is 0 Å². The lowest BCUT2D eigenvalue weighted by atomic mass is 10.2. The first kappa shape index (κ1) is 23.6. The summed E-state index contributed by atoms with van der Waals surface area (Å²) in [6.07, 6.45) is 0. The monoisotopic (exact) mass is 488 g/mol. The van der Waals surface area contributed by atoms with E-state index in [2.05, 4.69) is 6.07 Å². The second-order valence-electron chi connectivity index (χ2n) is 6.98. The Labute approximate surface area is 202 Å². The van der Waals surface area contributed by atoms with E-state index in [9.17, 15) is 30.3 Å². The maximum atomic E-state index is 11.5. The van der Waals surface area contributed by atoms with Gasteiger partial charge in [-0.2, -0.15) is 0 Å². The van der Waals surface area contributed by atoms with E-state index in [0.717, 1.165) is 0 Å². The molecule has 0 aliphatic carbocycles. The van der Waals surface area contributed by atoms with E-state index in [0.29, 0.717) is 0 Å². The van der Waals surface area contributed by atoms with Gasteiger partial charge in [-0.3, -0.25) is 30.3 Å². The van der Waals surface area contributed by atoms with Crippen LogP contribution in [0.15, 0.2) is 84.9 Å². The fourth-order valence-electron chi connectivity index (χ4n) is 3.12. The van der Waals surface area contributed by atoms with Crippen molar-refractivity contribution in [2.24, 2.45) is 0 Å². The van der Waals surface area contributed by atoms with Gasteiger partial charge in [0.15, 0.2) is 11.5 Å². The van der Waals surface area contributed by atoms with Crippen LogP contribution in [0.3, 0.4) is 0 Å². The summed E-state index contributed by atoms with van der Waals surface area (Å²) in [7, 11) is 0. The molecule has 0 atom stereocenters. The summed E-state index contributed by atoms with van der Waals surface area (Å²) in [4.78, 5) is 32.4. The number of hydrogen-bond acceptors (Lipinski definition) is 9. The van der Waals surface area contributed by atoms with Gasteiger partial charge >= 0.3 is 17.1 Å². The van der Waals surface area contributed by atoms with E-state index in [1.807, 2.05) is 0 Å². The van der Waals surface area contributed by atoms with Crippen LogP contribution in [0.4, 0.5) is 17.1 Å². The summed E-state index contributed by atoms with van der Waals surface area (Å²) in [5, 5.41) is 34.4. The van der Waals surface area contributed by atoms with E-state index in [1.54, 1.807) is 0 Å². The molecule has 0 N–H and O–H groups in total. The highest BCUT2D eigenvalue weighted by atomic mass is 16.6. The number of benzene rings is 4. The Morgan fingerprint density at radius 3 is 1.42 bits per heavy atom. The first-order valence-corrected chi connectivity index (χ1v) is 10.1. The summed E-state index contributed by atoms with van der Waals surface area (Å²) in [5.74, 6) is -1.06. The molecule has 36 heavy (non-hydrogen) atoms. The van der Waals surface area contributed by atoms with Gasteiger partial charge in [-0.05, 0) is 30.3 Å². The van der Waals surface area contributed by atoms with Crippen molar-refractivity contribution in [1.82, 2.24) is 0 Å². The number of nitro benzene ring substituents is 3. The zero-order valence-corrected chi connectivity index (χ0v) is 18.1. The number of nitrogens with zero attached hydrogens (tertiary/aromatic N) is 3. The molecule has 0 unspecified atom stereocenters. The highest BCUT2D eigenvalue weighted by Gasteiger charge is 2.24. The highest BCUT2D eigenvalue weighted by molar-refractivity contribution is 5.60. The molecule has 0 heterocycles. The minimum Gasteiger partial charge on any atom is -0.446 e. The fourth-order valence-corrected chi connectivity index (χ4v) is 3.12. The Hall–Kier alpha value is -5.52. The van der Waals surface area contributed by atoms with Crippen molar-refractivity contribution in [2.75, 3.05) is 0 Å². The SMILES string of the molecule is O=[N+]([O-])c1ccccc1Oc1[c]ccc(Oc2ccccc2[N+](=O)[O-])c1Oc1ccccc1[N+](=O)[O-]. The first-order valence-electron chi connectivity index (χ1n) is 10.1. The Bertz CT molecular complexity index is 1400. The second-order valence-corrected chi connectivity index (χ2v) is 6.98. The standard InChI is InChI=1S/C24H14N3O9/c28-25(29)16-8-1-4-11-19(16)34-22-14-7-15-23(35-20-12-5-2-9-17(20)26(30)31)24(22)36-21-13-6-3-10-18(21)27(32)33/h1-14H. The van der Waals surface area contributed by atoms with Crippen LogP contribution in [0.1, 0.15) is 0 Å². The van der Waals surface area contributed by atoms with Crippen molar-refractivity contribution in [2.45, 2.75) is 0 Å². The predicted molar refractivity (Wildman–Crippen MR) is 125 cm³/mol. The third-order valence-electron chi connectivity index (χ3n) is 4.71. The zero-order chi connectivity index (χ0) is 25.7. The fraction of sp³-hybridized carbons (Fsp3) is 0. The lowest BCUT2D eigenvalue weighted by Crippen LogP contribution is -1.99. The summed E-state index contributed by atoms with van der Waals surface area (Å²) in [6.45, 7) is 0.